The Labute approximate surface area is 76.9 Å². The normalized spacial score (nSPS) is 15.2. The lowest BCUT2D eigenvalue weighted by Gasteiger charge is -2.18. The summed E-state index contributed by atoms with van der Waals surface area (Å²) in [6.45, 7) is 1.72. The van der Waals surface area contributed by atoms with Gasteiger partial charge in [-0.15, -0.1) is 0 Å². The molecule has 1 aliphatic heterocycles. The highest BCUT2D eigenvalue weighted by atomic mass is 15.2. The van der Waals surface area contributed by atoms with E-state index >= 15 is 0 Å². The molecule has 13 heavy (non-hydrogen) atoms. The summed E-state index contributed by atoms with van der Waals surface area (Å²) >= 11 is 0. The van der Waals surface area contributed by atoms with Gasteiger partial charge in [-0.05, 0) is 6.07 Å². The summed E-state index contributed by atoms with van der Waals surface area (Å²) in [6, 6.07) is 1.71. The maximum absolute atomic E-state index is 5.81. The summed E-state index contributed by atoms with van der Waals surface area (Å²) in [4.78, 5) is 6.28. The first kappa shape index (κ1) is 7.91. The summed E-state index contributed by atoms with van der Waals surface area (Å²) in [7, 11) is 0. The van der Waals surface area contributed by atoms with Crippen LogP contribution in [0.1, 0.15) is 0 Å². The van der Waals surface area contributed by atoms with Crippen LogP contribution in [-0.4, -0.2) is 18.1 Å². The predicted octanol–water partition coefficient (Wildman–Crippen LogP) is 0.622. The highest BCUT2D eigenvalue weighted by Crippen LogP contribution is 2.26. The van der Waals surface area contributed by atoms with Gasteiger partial charge in [-0.2, -0.15) is 0 Å². The maximum Gasteiger partial charge on any atom is 0.154 e. The van der Waals surface area contributed by atoms with Gasteiger partial charge in [-0.1, -0.05) is 12.2 Å². The molecule has 4 heteroatoms. The van der Waals surface area contributed by atoms with Gasteiger partial charge in [-0.3, -0.25) is 0 Å². The van der Waals surface area contributed by atoms with Gasteiger partial charge in [0.1, 0.15) is 0 Å². The molecule has 0 aliphatic carbocycles. The fourth-order valence-electron chi connectivity index (χ4n) is 1.38. The largest absolute Gasteiger partial charge is 0.397 e. The van der Waals surface area contributed by atoms with Crippen molar-refractivity contribution in [2.45, 2.75) is 0 Å². The molecular formula is C9H12N4. The monoisotopic (exact) mass is 176 g/mol. The second-order valence-corrected chi connectivity index (χ2v) is 3.01. The molecule has 68 valence electrons. The number of hydrogen-bond donors (Lipinski definition) is 2. The molecule has 0 atom stereocenters. The fraction of sp³-hybridized carbons (Fsp3) is 0.222. The summed E-state index contributed by atoms with van der Waals surface area (Å²) in [5.41, 5.74) is 12.7. The Morgan fingerprint density at radius 3 is 2.62 bits per heavy atom. The molecule has 0 bridgehead atoms. The number of pyridine rings is 1. The van der Waals surface area contributed by atoms with Gasteiger partial charge >= 0.3 is 0 Å². The molecular weight excluding hydrogens is 164 g/mol. The van der Waals surface area contributed by atoms with Gasteiger partial charge in [0.05, 0.1) is 11.4 Å². The Bertz CT molecular complexity index is 337. The van der Waals surface area contributed by atoms with E-state index in [0.29, 0.717) is 11.4 Å². The highest BCUT2D eigenvalue weighted by Gasteiger charge is 2.13. The minimum atomic E-state index is 0.575. The zero-order valence-corrected chi connectivity index (χ0v) is 7.27. The molecule has 1 aliphatic rings. The Kier molecular flexibility index (Phi) is 1.81. The standard InChI is InChI=1S/C9H12N4/c10-7-3-4-12-9(8(7)11)13-5-1-2-6-13/h1-4H,5-6,11H2,(H2,10,12). The number of rotatable bonds is 1. The first-order valence-electron chi connectivity index (χ1n) is 4.19. The number of aromatic nitrogens is 1. The van der Waals surface area contributed by atoms with Crippen LogP contribution in [-0.2, 0) is 0 Å². The molecule has 2 heterocycles. The van der Waals surface area contributed by atoms with Crippen LogP contribution in [0.3, 0.4) is 0 Å². The van der Waals surface area contributed by atoms with Gasteiger partial charge in [-0.25, -0.2) is 4.98 Å². The molecule has 4 N–H and O–H groups in total. The van der Waals surface area contributed by atoms with E-state index in [1.165, 1.54) is 0 Å². The van der Waals surface area contributed by atoms with Crippen LogP contribution in [0.2, 0.25) is 0 Å². The van der Waals surface area contributed by atoms with Crippen LogP contribution in [0.5, 0.6) is 0 Å². The van der Waals surface area contributed by atoms with E-state index in [0.717, 1.165) is 18.9 Å². The number of nitrogens with zero attached hydrogens (tertiary/aromatic N) is 2. The van der Waals surface area contributed by atoms with Gasteiger partial charge in [0.2, 0.25) is 0 Å². The Hall–Kier alpha value is -1.71. The SMILES string of the molecule is Nc1ccnc(N2CC=CC2)c1N. The molecule has 0 amide bonds. The van der Waals surface area contributed by atoms with Crippen molar-refractivity contribution in [3.63, 3.8) is 0 Å². The second kappa shape index (κ2) is 2.97. The van der Waals surface area contributed by atoms with Crippen LogP contribution < -0.4 is 16.4 Å². The number of hydrogen-bond acceptors (Lipinski definition) is 4. The van der Waals surface area contributed by atoms with Crippen molar-refractivity contribution < 1.29 is 0 Å². The molecule has 0 fully saturated rings. The third kappa shape index (κ3) is 1.30. The van der Waals surface area contributed by atoms with E-state index in [4.69, 9.17) is 11.5 Å². The fourth-order valence-corrected chi connectivity index (χ4v) is 1.38. The van der Waals surface area contributed by atoms with Crippen molar-refractivity contribution in [1.29, 1.82) is 0 Å². The van der Waals surface area contributed by atoms with E-state index < -0.39 is 0 Å². The number of nitrogens with two attached hydrogens (primary N) is 2. The topological polar surface area (TPSA) is 68.2 Å². The first-order valence-corrected chi connectivity index (χ1v) is 4.19. The lowest BCUT2D eigenvalue weighted by atomic mass is 10.3. The molecule has 0 spiro atoms. The van der Waals surface area contributed by atoms with Crippen molar-refractivity contribution in [2.24, 2.45) is 0 Å². The number of anilines is 3. The Morgan fingerprint density at radius 2 is 1.92 bits per heavy atom. The maximum atomic E-state index is 5.81. The summed E-state index contributed by atoms with van der Waals surface area (Å²) in [5, 5.41) is 0. The zero-order chi connectivity index (χ0) is 9.26. The molecule has 0 saturated carbocycles. The van der Waals surface area contributed by atoms with E-state index in [1.54, 1.807) is 12.3 Å². The highest BCUT2D eigenvalue weighted by molar-refractivity contribution is 5.76. The summed E-state index contributed by atoms with van der Waals surface area (Å²) in [5.74, 6) is 0.782. The van der Waals surface area contributed by atoms with Crippen LogP contribution in [0, 0.1) is 0 Å². The molecule has 2 rings (SSSR count). The van der Waals surface area contributed by atoms with Crippen molar-refractivity contribution in [3.05, 3.63) is 24.4 Å². The van der Waals surface area contributed by atoms with Gasteiger partial charge in [0, 0.05) is 19.3 Å². The van der Waals surface area contributed by atoms with E-state index in [9.17, 15) is 0 Å². The van der Waals surface area contributed by atoms with Crippen LogP contribution in [0.4, 0.5) is 17.2 Å². The van der Waals surface area contributed by atoms with E-state index in [1.807, 2.05) is 0 Å². The molecule has 0 aromatic carbocycles. The van der Waals surface area contributed by atoms with Crippen molar-refractivity contribution in [1.82, 2.24) is 4.98 Å². The predicted molar refractivity (Wildman–Crippen MR) is 54.4 cm³/mol. The molecule has 0 radical (unpaired) electrons. The zero-order valence-electron chi connectivity index (χ0n) is 7.27. The average molecular weight is 176 g/mol. The van der Waals surface area contributed by atoms with Gasteiger partial charge in [0.25, 0.3) is 0 Å². The molecule has 1 aromatic rings. The summed E-state index contributed by atoms with van der Waals surface area (Å²) < 4.78 is 0. The minimum absolute atomic E-state index is 0.575. The average Bonchev–Trinajstić information content (AvgIpc) is 2.62. The third-order valence-corrected chi connectivity index (χ3v) is 2.12. The smallest absolute Gasteiger partial charge is 0.154 e. The minimum Gasteiger partial charge on any atom is -0.397 e. The van der Waals surface area contributed by atoms with Gasteiger partial charge < -0.3 is 16.4 Å². The Morgan fingerprint density at radius 1 is 1.23 bits per heavy atom. The lowest BCUT2D eigenvalue weighted by molar-refractivity contribution is 0.972. The third-order valence-electron chi connectivity index (χ3n) is 2.12. The van der Waals surface area contributed by atoms with Crippen LogP contribution in [0.25, 0.3) is 0 Å². The van der Waals surface area contributed by atoms with Crippen molar-refractivity contribution >= 4 is 17.2 Å². The first-order chi connectivity index (χ1) is 6.29. The quantitative estimate of drug-likeness (QED) is 0.615. The van der Waals surface area contributed by atoms with Crippen molar-refractivity contribution in [3.8, 4) is 0 Å². The molecule has 4 nitrogen and oxygen atoms in total. The van der Waals surface area contributed by atoms with Gasteiger partial charge in [0.15, 0.2) is 5.82 Å². The second-order valence-electron chi connectivity index (χ2n) is 3.01. The van der Waals surface area contributed by atoms with Crippen LogP contribution >= 0.6 is 0 Å². The molecule has 0 saturated heterocycles. The van der Waals surface area contributed by atoms with E-state index in [2.05, 4.69) is 22.0 Å². The van der Waals surface area contributed by atoms with E-state index in [-0.39, 0.29) is 0 Å². The summed E-state index contributed by atoms with van der Waals surface area (Å²) in [6.07, 6.45) is 5.86. The molecule has 1 aromatic heterocycles. The number of nitrogen functional groups attached to an aromatic ring is 2. The molecule has 0 unspecified atom stereocenters. The lowest BCUT2D eigenvalue weighted by Crippen LogP contribution is -2.21. The van der Waals surface area contributed by atoms with Crippen LogP contribution in [0.15, 0.2) is 24.4 Å². The Balaban J connectivity index is 2.34. The van der Waals surface area contributed by atoms with Crippen molar-refractivity contribution in [2.75, 3.05) is 29.5 Å².